The summed E-state index contributed by atoms with van der Waals surface area (Å²) in [5, 5.41) is 0. The maximum absolute atomic E-state index is 12.6. The third-order valence-electron chi connectivity index (χ3n) is 6.70. The van der Waals surface area contributed by atoms with Crippen LogP contribution in [0.5, 0.6) is 0 Å². The lowest BCUT2D eigenvalue weighted by Gasteiger charge is -2.23. The molecule has 0 aliphatic carbocycles. The lowest BCUT2D eigenvalue weighted by Crippen LogP contribution is -2.42. The predicted octanol–water partition coefficient (Wildman–Crippen LogP) is 7.44. The zero-order chi connectivity index (χ0) is 34.1. The number of alkyl halides is 3. The summed E-state index contributed by atoms with van der Waals surface area (Å²) in [5.74, 6) is -1.83. The minimum absolute atomic E-state index is 0.00142. The first-order valence-corrected chi connectivity index (χ1v) is 16.7. The molecule has 0 aromatic rings. The molecule has 0 heterocycles. The maximum atomic E-state index is 12.6. The Kier molecular flexibility index (Phi) is 35.7. The molecule has 0 fully saturated rings. The van der Waals surface area contributed by atoms with Crippen LogP contribution in [-0.2, 0) is 23.9 Å². The number of halogens is 3. The summed E-state index contributed by atoms with van der Waals surface area (Å²) < 4.78 is 42.3. The lowest BCUT2D eigenvalue weighted by molar-refractivity contribution is -0.185. The van der Waals surface area contributed by atoms with E-state index in [0.29, 0.717) is 38.7 Å². The predicted molar refractivity (Wildman–Crippen MR) is 172 cm³/mol. The largest absolute Gasteiger partial charge is 0.471 e. The van der Waals surface area contributed by atoms with Gasteiger partial charge in [-0.25, -0.2) is 0 Å². The van der Waals surface area contributed by atoms with E-state index in [1.54, 1.807) is 13.8 Å². The number of carbonyl (C=O) groups excluding carboxylic acids is 4. The van der Waals surface area contributed by atoms with Gasteiger partial charge in [0.25, 0.3) is 0 Å². The van der Waals surface area contributed by atoms with Gasteiger partial charge in [-0.3, -0.25) is 9.59 Å². The molecule has 0 bridgehead atoms. The number of hydrogen-bond acceptors (Lipinski definition) is 7. The molecule has 0 rings (SSSR count). The average Bonchev–Trinajstić information content (AvgIpc) is 2.94. The van der Waals surface area contributed by atoms with E-state index in [0.717, 1.165) is 50.1 Å². The second-order valence-electron chi connectivity index (χ2n) is 11.2. The summed E-state index contributed by atoms with van der Waals surface area (Å²) in [5.41, 5.74) is 10.8. The number of Topliss-reactive ketones (excluding diaryl/α,β-unsaturated/α-hetero) is 2. The van der Waals surface area contributed by atoms with Gasteiger partial charge in [0.05, 0.1) is 6.61 Å². The van der Waals surface area contributed by atoms with Crippen molar-refractivity contribution in [3.8, 4) is 0 Å². The van der Waals surface area contributed by atoms with Crippen LogP contribution in [0, 0.1) is 0 Å². The Morgan fingerprint density at radius 2 is 0.886 bits per heavy atom. The summed E-state index contributed by atoms with van der Waals surface area (Å²) in [6, 6.07) is 0. The van der Waals surface area contributed by atoms with Crippen LogP contribution in [0.3, 0.4) is 0 Å². The number of hydrogen-bond donors (Lipinski definition) is 2. The third kappa shape index (κ3) is 40.0. The molecular weight excluding hydrogens is 575 g/mol. The van der Waals surface area contributed by atoms with E-state index in [1.165, 1.54) is 71.6 Å². The number of ketones is 2. The molecule has 4 N–H and O–H groups in total. The van der Waals surface area contributed by atoms with E-state index < -0.39 is 12.1 Å². The highest BCUT2D eigenvalue weighted by Crippen LogP contribution is 2.20. The van der Waals surface area contributed by atoms with Crippen molar-refractivity contribution in [2.75, 3.05) is 32.8 Å². The molecule has 0 saturated carbocycles. The molecule has 11 heteroatoms. The number of unbranched alkanes of at least 4 members (excludes halogenated alkanes) is 14. The number of rotatable bonds is 25. The molecule has 0 atom stereocenters. The third-order valence-corrected chi connectivity index (χ3v) is 6.70. The number of amides is 1. The van der Waals surface area contributed by atoms with Gasteiger partial charge in [0.15, 0.2) is 0 Å². The van der Waals surface area contributed by atoms with Gasteiger partial charge in [0.2, 0.25) is 0 Å². The van der Waals surface area contributed by atoms with Crippen molar-refractivity contribution >= 4 is 23.4 Å². The minimum Gasteiger partial charge on any atom is -0.466 e. The fourth-order valence-corrected chi connectivity index (χ4v) is 4.28. The molecule has 0 aromatic heterocycles. The number of ether oxygens (including phenoxy) is 1. The molecule has 262 valence electrons. The second-order valence-corrected chi connectivity index (χ2v) is 11.2. The van der Waals surface area contributed by atoms with Crippen LogP contribution in [0.15, 0.2) is 0 Å². The first kappa shape index (κ1) is 46.4. The van der Waals surface area contributed by atoms with Crippen LogP contribution in [-0.4, -0.2) is 67.3 Å². The lowest BCUT2D eigenvalue weighted by atomic mass is 10.1. The summed E-state index contributed by atoms with van der Waals surface area (Å²) in [6.45, 7) is 8.49. The summed E-state index contributed by atoms with van der Waals surface area (Å²) in [4.78, 5) is 43.8. The highest BCUT2D eigenvalue weighted by atomic mass is 19.4. The molecule has 0 radical (unpaired) electrons. The summed E-state index contributed by atoms with van der Waals surface area (Å²) in [7, 11) is 0. The summed E-state index contributed by atoms with van der Waals surface area (Å²) >= 11 is 0. The van der Waals surface area contributed by atoms with Crippen molar-refractivity contribution in [1.82, 2.24) is 4.90 Å². The highest BCUT2D eigenvalue weighted by Gasteiger charge is 2.42. The molecule has 8 nitrogen and oxygen atoms in total. The zero-order valence-corrected chi connectivity index (χ0v) is 28.2. The molecule has 0 unspecified atom stereocenters. The van der Waals surface area contributed by atoms with Gasteiger partial charge < -0.3 is 30.7 Å². The maximum Gasteiger partial charge on any atom is 0.471 e. The van der Waals surface area contributed by atoms with Crippen molar-refractivity contribution in [3.63, 3.8) is 0 Å². The normalized spacial score (nSPS) is 10.7. The smallest absolute Gasteiger partial charge is 0.466 e. The Labute approximate surface area is 265 Å². The topological polar surface area (TPSA) is 133 Å². The first-order valence-electron chi connectivity index (χ1n) is 16.7. The van der Waals surface area contributed by atoms with Crippen LogP contribution in [0.25, 0.3) is 0 Å². The molecule has 1 amide bonds. The van der Waals surface area contributed by atoms with Gasteiger partial charge in [0.1, 0.15) is 11.6 Å². The molecule has 0 aliphatic heterocycles. The molecule has 44 heavy (non-hydrogen) atoms. The fourth-order valence-electron chi connectivity index (χ4n) is 4.28. The second kappa shape index (κ2) is 33.9. The van der Waals surface area contributed by atoms with Crippen LogP contribution < -0.4 is 11.5 Å². The zero-order valence-electron chi connectivity index (χ0n) is 28.2. The molecule has 0 saturated heterocycles. The Bertz CT molecular complexity index is 697. The van der Waals surface area contributed by atoms with E-state index in [1.807, 2.05) is 0 Å². The SMILES string of the molecule is CC(=O)CCCCCCCCN(CCCCC(C)=O)C(=O)C(F)(F)F.CCOC(C)=O.NCCCCCCCCCCCN. The molecular formula is C33H64F3N3O5. The Morgan fingerprint density at radius 1 is 0.568 bits per heavy atom. The van der Waals surface area contributed by atoms with Crippen LogP contribution >= 0.6 is 0 Å². The standard InChI is InChI=1S/C18H30F3NO3.C11H26N2.C4H8O2/c1-15(23)11-7-5-3-4-6-9-13-22(17(25)18(19,20)21)14-10-8-12-16(2)24;12-10-8-6-4-2-1-3-5-7-9-11-13;1-3-6-4(2)5/h3-14H2,1-2H3;1-13H2;3H2,1-2H3. The van der Waals surface area contributed by atoms with Gasteiger partial charge in [-0.15, -0.1) is 0 Å². The van der Waals surface area contributed by atoms with Crippen LogP contribution in [0.2, 0.25) is 0 Å². The average molecular weight is 640 g/mol. The van der Waals surface area contributed by atoms with Gasteiger partial charge >= 0.3 is 18.1 Å². The molecule has 0 spiro atoms. The highest BCUT2D eigenvalue weighted by molar-refractivity contribution is 5.81. The van der Waals surface area contributed by atoms with Crippen molar-refractivity contribution in [1.29, 1.82) is 0 Å². The Hall–Kier alpha value is -2.01. The Balaban J connectivity index is -0.000000731. The van der Waals surface area contributed by atoms with Gasteiger partial charge in [-0.05, 0) is 72.4 Å². The van der Waals surface area contributed by atoms with Crippen molar-refractivity contribution in [3.05, 3.63) is 0 Å². The van der Waals surface area contributed by atoms with Crippen molar-refractivity contribution in [2.24, 2.45) is 11.5 Å². The van der Waals surface area contributed by atoms with Crippen LogP contribution in [0.1, 0.15) is 150 Å². The summed E-state index contributed by atoms with van der Waals surface area (Å²) in [6.07, 6.45) is 13.8. The van der Waals surface area contributed by atoms with Crippen molar-refractivity contribution < 1.29 is 37.1 Å². The van der Waals surface area contributed by atoms with Crippen molar-refractivity contribution in [2.45, 2.75) is 156 Å². The fraction of sp³-hybridized carbons (Fsp3) is 0.879. The quantitative estimate of drug-likeness (QED) is 0.0783. The van der Waals surface area contributed by atoms with Crippen LogP contribution in [0.4, 0.5) is 13.2 Å². The van der Waals surface area contributed by atoms with E-state index in [-0.39, 0.29) is 30.6 Å². The molecule has 0 aromatic carbocycles. The van der Waals surface area contributed by atoms with Gasteiger partial charge in [0, 0.05) is 32.9 Å². The van der Waals surface area contributed by atoms with E-state index in [9.17, 15) is 32.3 Å². The van der Waals surface area contributed by atoms with E-state index >= 15 is 0 Å². The van der Waals surface area contributed by atoms with Gasteiger partial charge in [-0.2, -0.15) is 13.2 Å². The number of esters is 1. The van der Waals surface area contributed by atoms with E-state index in [4.69, 9.17) is 11.5 Å². The number of nitrogens with zero attached hydrogens (tertiary/aromatic N) is 1. The number of nitrogens with two attached hydrogens (primary N) is 2. The minimum atomic E-state index is -4.85. The van der Waals surface area contributed by atoms with E-state index in [2.05, 4.69) is 4.74 Å². The Morgan fingerprint density at radius 3 is 1.18 bits per heavy atom. The number of carbonyl (C=O) groups is 4. The molecule has 0 aliphatic rings. The first-order chi connectivity index (χ1) is 20.8. The van der Waals surface area contributed by atoms with Gasteiger partial charge in [-0.1, -0.05) is 70.6 Å². The monoisotopic (exact) mass is 639 g/mol.